The largest absolute Gasteiger partial charge is 0.321 e. The summed E-state index contributed by atoms with van der Waals surface area (Å²) >= 11 is 3.01. The molecule has 7 heteroatoms. The minimum atomic E-state index is -0.453. The van der Waals surface area contributed by atoms with Gasteiger partial charge in [-0.2, -0.15) is 5.26 Å². The molecule has 1 aliphatic heterocycles. The summed E-state index contributed by atoms with van der Waals surface area (Å²) in [6.07, 6.45) is 2.38. The molecule has 5 rings (SSSR count). The number of fused-ring (bicyclic) bond motifs is 2. The first-order valence-corrected chi connectivity index (χ1v) is 11.5. The molecule has 0 aliphatic carbocycles. The highest BCUT2D eigenvalue weighted by Gasteiger charge is 2.22. The normalized spacial score (nSPS) is 12.3. The third-order valence-corrected chi connectivity index (χ3v) is 7.54. The van der Waals surface area contributed by atoms with E-state index in [0.717, 1.165) is 31.5 Å². The summed E-state index contributed by atoms with van der Waals surface area (Å²) in [5, 5.41) is 12.6. The van der Waals surface area contributed by atoms with E-state index in [4.69, 9.17) is 5.26 Å². The average molecular weight is 458 g/mol. The van der Waals surface area contributed by atoms with Gasteiger partial charge in [-0.15, -0.1) is 11.3 Å². The maximum absolute atomic E-state index is 14.4. The molecule has 1 aromatic heterocycles. The Labute approximate surface area is 192 Å². The second-order valence-electron chi connectivity index (χ2n) is 7.39. The predicted octanol–water partition coefficient (Wildman–Crippen LogP) is 6.44. The summed E-state index contributed by atoms with van der Waals surface area (Å²) in [6.45, 7) is 2.01. The average Bonchev–Trinajstić information content (AvgIpc) is 3.20. The van der Waals surface area contributed by atoms with Crippen LogP contribution in [0, 0.1) is 24.1 Å². The zero-order chi connectivity index (χ0) is 22.2. The number of carbonyl (C=O) groups is 1. The van der Waals surface area contributed by atoms with E-state index in [9.17, 15) is 9.18 Å². The van der Waals surface area contributed by atoms with Crippen LogP contribution in [0.1, 0.15) is 31.9 Å². The van der Waals surface area contributed by atoms with Crippen molar-refractivity contribution in [2.24, 2.45) is 0 Å². The molecule has 1 amide bonds. The molecular weight excluding hydrogens is 441 g/mol. The van der Waals surface area contributed by atoms with Gasteiger partial charge in [-0.25, -0.2) is 9.37 Å². The molecule has 0 bridgehead atoms. The molecule has 0 atom stereocenters. The van der Waals surface area contributed by atoms with E-state index < -0.39 is 5.82 Å². The Balaban J connectivity index is 1.44. The van der Waals surface area contributed by atoms with Gasteiger partial charge in [0.2, 0.25) is 0 Å². The van der Waals surface area contributed by atoms with Crippen LogP contribution in [0.15, 0.2) is 70.6 Å². The number of hydrogen-bond donors (Lipinski definition) is 1. The standard InChI is InChI=1S/C25H16FN3OS2/c1-14-16(7-9-22-23(14)29-24(30)19-4-2-3-5-21(19)32-22)11-17-13-28-25(31-17)18-8-6-15(12-27)10-20(18)26/h2-10,13H,11H2,1H3,(H,29,30). The maximum Gasteiger partial charge on any atom is 0.256 e. The summed E-state index contributed by atoms with van der Waals surface area (Å²) < 4.78 is 14.4. The number of halogens is 1. The third kappa shape index (κ3) is 3.68. The van der Waals surface area contributed by atoms with Gasteiger partial charge in [0, 0.05) is 32.8 Å². The van der Waals surface area contributed by atoms with Gasteiger partial charge in [0.05, 0.1) is 22.9 Å². The number of rotatable bonds is 3. The third-order valence-electron chi connectivity index (χ3n) is 5.38. The molecule has 2 heterocycles. The predicted molar refractivity (Wildman–Crippen MR) is 125 cm³/mol. The molecule has 1 aliphatic rings. The lowest BCUT2D eigenvalue weighted by atomic mass is 10.0. The molecule has 1 N–H and O–H groups in total. The number of nitrogens with one attached hydrogen (secondary N) is 1. The number of benzene rings is 3. The molecule has 32 heavy (non-hydrogen) atoms. The first-order chi connectivity index (χ1) is 15.5. The van der Waals surface area contributed by atoms with Crippen molar-refractivity contribution in [3.05, 3.63) is 93.7 Å². The quantitative estimate of drug-likeness (QED) is 0.385. The van der Waals surface area contributed by atoms with Crippen LogP contribution >= 0.6 is 23.1 Å². The van der Waals surface area contributed by atoms with Gasteiger partial charge in [-0.1, -0.05) is 30.0 Å². The van der Waals surface area contributed by atoms with Crippen LogP contribution in [0.3, 0.4) is 0 Å². The van der Waals surface area contributed by atoms with Crippen LogP contribution in [0.4, 0.5) is 10.1 Å². The van der Waals surface area contributed by atoms with Crippen molar-refractivity contribution in [2.75, 3.05) is 5.32 Å². The van der Waals surface area contributed by atoms with Gasteiger partial charge >= 0.3 is 0 Å². The highest BCUT2D eigenvalue weighted by Crippen LogP contribution is 2.41. The number of nitrogens with zero attached hydrogens (tertiary/aromatic N) is 2. The van der Waals surface area contributed by atoms with Crippen LogP contribution in [-0.2, 0) is 6.42 Å². The number of nitriles is 1. The molecule has 3 aromatic carbocycles. The molecule has 0 spiro atoms. The lowest BCUT2D eigenvalue weighted by Gasteiger charge is -2.14. The van der Waals surface area contributed by atoms with Gasteiger partial charge in [0.15, 0.2) is 0 Å². The number of amides is 1. The van der Waals surface area contributed by atoms with Crippen molar-refractivity contribution in [1.29, 1.82) is 5.26 Å². The molecular formula is C25H16FN3OS2. The monoisotopic (exact) mass is 457 g/mol. The van der Waals surface area contributed by atoms with E-state index in [1.807, 2.05) is 43.3 Å². The molecule has 0 saturated heterocycles. The van der Waals surface area contributed by atoms with Crippen molar-refractivity contribution < 1.29 is 9.18 Å². The van der Waals surface area contributed by atoms with E-state index in [2.05, 4.69) is 16.4 Å². The van der Waals surface area contributed by atoms with Crippen molar-refractivity contribution in [3.8, 4) is 16.6 Å². The van der Waals surface area contributed by atoms with Gasteiger partial charge in [-0.3, -0.25) is 4.79 Å². The van der Waals surface area contributed by atoms with E-state index >= 15 is 0 Å². The maximum atomic E-state index is 14.4. The van der Waals surface area contributed by atoms with Crippen LogP contribution in [0.2, 0.25) is 0 Å². The number of anilines is 1. The summed E-state index contributed by atoms with van der Waals surface area (Å²) in [5.41, 5.74) is 4.26. The van der Waals surface area contributed by atoms with Crippen LogP contribution in [0.5, 0.6) is 0 Å². The summed E-state index contributed by atoms with van der Waals surface area (Å²) in [4.78, 5) is 20.1. The van der Waals surface area contributed by atoms with Gasteiger partial charge in [0.1, 0.15) is 10.8 Å². The van der Waals surface area contributed by atoms with Crippen LogP contribution in [0.25, 0.3) is 10.6 Å². The molecule has 4 nitrogen and oxygen atoms in total. The van der Waals surface area contributed by atoms with Gasteiger partial charge in [-0.05, 0) is 54.4 Å². The van der Waals surface area contributed by atoms with Crippen molar-refractivity contribution in [2.45, 2.75) is 23.1 Å². The number of hydrogen-bond acceptors (Lipinski definition) is 5. The van der Waals surface area contributed by atoms with Gasteiger partial charge < -0.3 is 5.32 Å². The molecule has 0 radical (unpaired) electrons. The molecule has 0 fully saturated rings. The number of thiazole rings is 1. The second kappa shape index (κ2) is 8.23. The van der Waals surface area contributed by atoms with Crippen LogP contribution in [-0.4, -0.2) is 10.9 Å². The zero-order valence-electron chi connectivity index (χ0n) is 17.0. The second-order valence-corrected chi connectivity index (χ2v) is 9.59. The number of carbonyl (C=O) groups excluding carboxylic acids is 1. The fourth-order valence-corrected chi connectivity index (χ4v) is 5.72. The smallest absolute Gasteiger partial charge is 0.256 e. The Kier molecular flexibility index (Phi) is 5.25. The SMILES string of the molecule is Cc1c(Cc2cnc(-c3ccc(C#N)cc3F)s2)ccc2c1NC(=O)c1ccccc1S2. The van der Waals surface area contributed by atoms with E-state index in [-0.39, 0.29) is 11.5 Å². The Bertz CT molecular complexity index is 1420. The minimum absolute atomic E-state index is 0.108. The van der Waals surface area contributed by atoms with Crippen molar-refractivity contribution in [1.82, 2.24) is 4.98 Å². The molecule has 0 unspecified atom stereocenters. The minimum Gasteiger partial charge on any atom is -0.321 e. The lowest BCUT2D eigenvalue weighted by Crippen LogP contribution is -2.13. The zero-order valence-corrected chi connectivity index (χ0v) is 18.6. The molecule has 4 aromatic rings. The van der Waals surface area contributed by atoms with Crippen molar-refractivity contribution in [3.63, 3.8) is 0 Å². The Hall–Kier alpha value is -3.47. The highest BCUT2D eigenvalue weighted by molar-refractivity contribution is 7.99. The van der Waals surface area contributed by atoms with E-state index in [0.29, 0.717) is 22.6 Å². The fourth-order valence-electron chi connectivity index (χ4n) is 3.66. The Morgan fingerprint density at radius 1 is 1.09 bits per heavy atom. The summed E-state index contributed by atoms with van der Waals surface area (Å²) in [6, 6.07) is 18.1. The molecule has 0 saturated carbocycles. The first kappa shape index (κ1) is 20.4. The highest BCUT2D eigenvalue weighted by atomic mass is 32.2. The summed E-state index contributed by atoms with van der Waals surface area (Å²) in [5.74, 6) is -0.561. The number of aromatic nitrogens is 1. The first-order valence-electron chi connectivity index (χ1n) is 9.89. The van der Waals surface area contributed by atoms with Gasteiger partial charge in [0.25, 0.3) is 5.91 Å². The summed E-state index contributed by atoms with van der Waals surface area (Å²) in [7, 11) is 0. The Morgan fingerprint density at radius 3 is 2.75 bits per heavy atom. The molecule has 156 valence electrons. The van der Waals surface area contributed by atoms with E-state index in [1.54, 1.807) is 30.1 Å². The fraction of sp³-hybridized carbons (Fsp3) is 0.0800. The Morgan fingerprint density at radius 2 is 1.94 bits per heavy atom. The van der Waals surface area contributed by atoms with Crippen molar-refractivity contribution >= 4 is 34.7 Å². The lowest BCUT2D eigenvalue weighted by molar-refractivity contribution is 0.102. The van der Waals surface area contributed by atoms with Crippen LogP contribution < -0.4 is 5.32 Å². The topological polar surface area (TPSA) is 65.8 Å². The van der Waals surface area contributed by atoms with E-state index in [1.165, 1.54) is 17.4 Å².